The number of nitrogens with two attached hydrogens (primary N) is 1. The van der Waals surface area contributed by atoms with Gasteiger partial charge in [-0.2, -0.15) is 0 Å². The third-order valence-corrected chi connectivity index (χ3v) is 3.22. The van der Waals surface area contributed by atoms with E-state index < -0.39 is 0 Å². The molecule has 0 bridgehead atoms. The van der Waals surface area contributed by atoms with Gasteiger partial charge in [0.15, 0.2) is 0 Å². The van der Waals surface area contributed by atoms with Gasteiger partial charge >= 0.3 is 0 Å². The van der Waals surface area contributed by atoms with Crippen LogP contribution in [0.2, 0.25) is 0 Å². The van der Waals surface area contributed by atoms with Crippen LogP contribution in [0, 0.1) is 0 Å². The van der Waals surface area contributed by atoms with Crippen LogP contribution in [0.25, 0.3) is 0 Å². The van der Waals surface area contributed by atoms with Crippen molar-refractivity contribution in [2.75, 3.05) is 13.1 Å². The molecule has 0 aliphatic carbocycles. The van der Waals surface area contributed by atoms with Crippen molar-refractivity contribution in [2.45, 2.75) is 39.8 Å². The lowest BCUT2D eigenvalue weighted by atomic mass is 10.0. The van der Waals surface area contributed by atoms with Crippen LogP contribution >= 0.6 is 12.2 Å². The van der Waals surface area contributed by atoms with Crippen molar-refractivity contribution >= 4 is 17.2 Å². The molecule has 0 aliphatic heterocycles. The number of benzene rings is 1. The number of ether oxygens (including phenoxy) is 1. The van der Waals surface area contributed by atoms with E-state index in [0.29, 0.717) is 4.99 Å². The zero-order valence-electron chi connectivity index (χ0n) is 12.2. The minimum absolute atomic E-state index is 0.0271. The molecule has 1 rings (SSSR count). The summed E-state index contributed by atoms with van der Waals surface area (Å²) in [5.41, 5.74) is 7.01. The highest BCUT2D eigenvalue weighted by atomic mass is 32.1. The fourth-order valence-corrected chi connectivity index (χ4v) is 2.46. The molecule has 0 heterocycles. The summed E-state index contributed by atoms with van der Waals surface area (Å²) in [4.78, 5) is 2.75. The SMILES string of the molecule is CCN(CC)C(C(N)=S)c1cccc(OC(C)C)c1. The lowest BCUT2D eigenvalue weighted by molar-refractivity contribution is 0.240. The maximum absolute atomic E-state index is 5.92. The third kappa shape index (κ3) is 4.48. The van der Waals surface area contributed by atoms with Crippen LogP contribution in [-0.4, -0.2) is 29.1 Å². The standard InChI is InChI=1S/C15H24N2OS/c1-5-17(6-2)14(15(16)19)12-8-7-9-13(10-12)18-11(3)4/h7-11,14H,5-6H2,1-4H3,(H2,16,19). The molecule has 0 aliphatic rings. The van der Waals surface area contributed by atoms with Crippen molar-refractivity contribution in [1.29, 1.82) is 0 Å². The number of likely N-dealkylation sites (N-methyl/N-ethyl adjacent to an activating group) is 1. The van der Waals surface area contributed by atoms with E-state index in [4.69, 9.17) is 22.7 Å². The van der Waals surface area contributed by atoms with Gasteiger partial charge < -0.3 is 10.5 Å². The second-order valence-corrected chi connectivity index (χ2v) is 5.24. The van der Waals surface area contributed by atoms with Gasteiger partial charge in [-0.25, -0.2) is 0 Å². The molecule has 0 saturated heterocycles. The molecule has 4 heteroatoms. The normalized spacial score (nSPS) is 12.7. The molecule has 19 heavy (non-hydrogen) atoms. The van der Waals surface area contributed by atoms with Crippen LogP contribution in [-0.2, 0) is 0 Å². The molecule has 0 fully saturated rings. The predicted octanol–water partition coefficient (Wildman–Crippen LogP) is 3.14. The Morgan fingerprint density at radius 2 is 1.95 bits per heavy atom. The Balaban J connectivity index is 3.05. The molecule has 2 N–H and O–H groups in total. The summed E-state index contributed by atoms with van der Waals surface area (Å²) < 4.78 is 5.73. The van der Waals surface area contributed by atoms with Gasteiger partial charge in [0, 0.05) is 0 Å². The monoisotopic (exact) mass is 280 g/mol. The number of rotatable bonds is 7. The van der Waals surface area contributed by atoms with Crippen LogP contribution in [0.4, 0.5) is 0 Å². The van der Waals surface area contributed by atoms with Crippen molar-refractivity contribution in [3.8, 4) is 5.75 Å². The van der Waals surface area contributed by atoms with Gasteiger partial charge in [-0.05, 0) is 44.6 Å². The van der Waals surface area contributed by atoms with Crippen molar-refractivity contribution < 1.29 is 4.74 Å². The Hall–Kier alpha value is -1.13. The Labute approximate surface area is 121 Å². The van der Waals surface area contributed by atoms with Crippen LogP contribution in [0.3, 0.4) is 0 Å². The molecule has 0 aromatic heterocycles. The van der Waals surface area contributed by atoms with Crippen LogP contribution in [0.1, 0.15) is 39.3 Å². The fraction of sp³-hybridized carbons (Fsp3) is 0.533. The van der Waals surface area contributed by atoms with E-state index in [1.807, 2.05) is 32.0 Å². The zero-order chi connectivity index (χ0) is 14.4. The van der Waals surface area contributed by atoms with Crippen molar-refractivity contribution in [3.63, 3.8) is 0 Å². The van der Waals surface area contributed by atoms with Gasteiger partial charge in [0.2, 0.25) is 0 Å². The zero-order valence-corrected chi connectivity index (χ0v) is 13.0. The largest absolute Gasteiger partial charge is 0.491 e. The summed E-state index contributed by atoms with van der Waals surface area (Å²) in [6.45, 7) is 10.1. The first kappa shape index (κ1) is 15.9. The van der Waals surface area contributed by atoms with E-state index in [1.165, 1.54) is 0 Å². The summed E-state index contributed by atoms with van der Waals surface area (Å²) in [7, 11) is 0. The van der Waals surface area contributed by atoms with Gasteiger partial charge in [-0.1, -0.05) is 38.2 Å². The summed E-state index contributed by atoms with van der Waals surface area (Å²) in [5.74, 6) is 0.862. The minimum atomic E-state index is -0.0271. The molecule has 0 radical (unpaired) electrons. The van der Waals surface area contributed by atoms with Gasteiger partial charge in [0.1, 0.15) is 5.75 Å². The summed E-state index contributed by atoms with van der Waals surface area (Å²) in [5, 5.41) is 0. The number of nitrogens with zero attached hydrogens (tertiary/aromatic N) is 1. The fourth-order valence-electron chi connectivity index (χ4n) is 2.17. The van der Waals surface area contributed by atoms with E-state index in [0.717, 1.165) is 24.4 Å². The van der Waals surface area contributed by atoms with E-state index in [2.05, 4.69) is 24.8 Å². The number of hydrogen-bond donors (Lipinski definition) is 1. The minimum Gasteiger partial charge on any atom is -0.491 e. The highest BCUT2D eigenvalue weighted by Crippen LogP contribution is 2.25. The maximum Gasteiger partial charge on any atom is 0.120 e. The van der Waals surface area contributed by atoms with E-state index in [9.17, 15) is 0 Å². The first-order valence-electron chi connectivity index (χ1n) is 6.79. The molecule has 1 aromatic carbocycles. The maximum atomic E-state index is 5.92. The lowest BCUT2D eigenvalue weighted by Crippen LogP contribution is -2.36. The van der Waals surface area contributed by atoms with Crippen molar-refractivity contribution in [1.82, 2.24) is 4.90 Å². The summed E-state index contributed by atoms with van der Waals surface area (Å²) in [6, 6.07) is 8.00. The van der Waals surface area contributed by atoms with Gasteiger partial charge in [-0.3, -0.25) is 4.90 Å². The second-order valence-electron chi connectivity index (χ2n) is 4.77. The number of thiocarbonyl (C=S) groups is 1. The van der Waals surface area contributed by atoms with E-state index >= 15 is 0 Å². The molecule has 1 unspecified atom stereocenters. The first-order chi connectivity index (χ1) is 8.99. The average Bonchev–Trinajstić information content (AvgIpc) is 2.34. The Morgan fingerprint density at radius 3 is 2.42 bits per heavy atom. The molecule has 0 saturated carbocycles. The first-order valence-corrected chi connectivity index (χ1v) is 7.20. The Morgan fingerprint density at radius 1 is 1.32 bits per heavy atom. The molecular formula is C15H24N2OS. The number of hydrogen-bond acceptors (Lipinski definition) is 3. The van der Waals surface area contributed by atoms with E-state index in [-0.39, 0.29) is 12.1 Å². The molecular weight excluding hydrogens is 256 g/mol. The molecule has 106 valence electrons. The Bertz CT molecular complexity index is 416. The topological polar surface area (TPSA) is 38.5 Å². The van der Waals surface area contributed by atoms with Crippen LogP contribution in [0.15, 0.2) is 24.3 Å². The smallest absolute Gasteiger partial charge is 0.120 e. The van der Waals surface area contributed by atoms with Crippen LogP contribution in [0.5, 0.6) is 5.75 Å². The van der Waals surface area contributed by atoms with Crippen LogP contribution < -0.4 is 10.5 Å². The van der Waals surface area contributed by atoms with Crippen molar-refractivity contribution in [3.05, 3.63) is 29.8 Å². The van der Waals surface area contributed by atoms with Gasteiger partial charge in [0.05, 0.1) is 17.1 Å². The highest BCUT2D eigenvalue weighted by molar-refractivity contribution is 7.80. The average molecular weight is 280 g/mol. The quantitative estimate of drug-likeness (QED) is 0.779. The van der Waals surface area contributed by atoms with E-state index in [1.54, 1.807) is 0 Å². The molecule has 0 spiro atoms. The molecule has 1 atom stereocenters. The van der Waals surface area contributed by atoms with Gasteiger partial charge in [0.25, 0.3) is 0 Å². The summed E-state index contributed by atoms with van der Waals surface area (Å²) in [6.07, 6.45) is 0.159. The van der Waals surface area contributed by atoms with Gasteiger partial charge in [-0.15, -0.1) is 0 Å². The third-order valence-electron chi connectivity index (χ3n) is 2.99. The summed E-state index contributed by atoms with van der Waals surface area (Å²) >= 11 is 5.23. The molecule has 1 aromatic rings. The van der Waals surface area contributed by atoms with Crippen molar-refractivity contribution in [2.24, 2.45) is 5.73 Å². The molecule has 3 nitrogen and oxygen atoms in total. The lowest BCUT2D eigenvalue weighted by Gasteiger charge is -2.29. The second kappa shape index (κ2) is 7.46. The highest BCUT2D eigenvalue weighted by Gasteiger charge is 2.21. The Kier molecular flexibility index (Phi) is 6.25. The molecule has 0 amide bonds. The predicted molar refractivity (Wildman–Crippen MR) is 84.7 cm³/mol.